The van der Waals surface area contributed by atoms with E-state index in [1.54, 1.807) is 11.3 Å². The second-order valence-electron chi connectivity index (χ2n) is 9.08. The minimum atomic E-state index is -0.118. The lowest BCUT2D eigenvalue weighted by atomic mass is 9.97. The maximum atomic E-state index is 13.0. The molecule has 0 bridgehead atoms. The minimum Gasteiger partial charge on any atom is -0.372 e. The van der Waals surface area contributed by atoms with Crippen LogP contribution in [0.15, 0.2) is 42.0 Å². The standard InChI is InChI=1S/C26H37N5OS/c1-3-4-14-27-20(2)30-17-12-21(13-18-30)26-29-23(19-33-26)25(32)28-22-10-6-7-11-24(22)31-15-8-5-9-16-31/h6-7,10-11,19,21,27H,2-5,8-9,12-18H2,1H3,(H,28,32). The van der Waals surface area contributed by atoms with E-state index in [0.29, 0.717) is 11.6 Å². The predicted molar refractivity (Wildman–Crippen MR) is 138 cm³/mol. The molecule has 2 N–H and O–H groups in total. The maximum Gasteiger partial charge on any atom is 0.275 e. The smallest absolute Gasteiger partial charge is 0.275 e. The molecule has 0 aliphatic carbocycles. The van der Waals surface area contributed by atoms with Crippen molar-refractivity contribution in [2.45, 2.75) is 57.8 Å². The normalized spacial score (nSPS) is 17.1. The lowest BCUT2D eigenvalue weighted by molar-refractivity contribution is 0.102. The highest BCUT2D eigenvalue weighted by atomic mass is 32.1. The first-order valence-corrected chi connectivity index (χ1v) is 13.3. The molecule has 2 fully saturated rings. The molecule has 4 rings (SSSR count). The topological polar surface area (TPSA) is 60.5 Å². The third-order valence-electron chi connectivity index (χ3n) is 6.69. The number of para-hydroxylation sites is 2. The number of carbonyl (C=O) groups is 1. The number of hydrogen-bond acceptors (Lipinski definition) is 6. The fraction of sp³-hybridized carbons (Fsp3) is 0.538. The third kappa shape index (κ3) is 6.08. The summed E-state index contributed by atoms with van der Waals surface area (Å²) in [6.07, 6.45) is 8.14. The summed E-state index contributed by atoms with van der Waals surface area (Å²) < 4.78 is 0. The molecule has 1 amide bonds. The summed E-state index contributed by atoms with van der Waals surface area (Å²) in [4.78, 5) is 22.5. The van der Waals surface area contributed by atoms with Gasteiger partial charge in [0.1, 0.15) is 5.69 Å². The number of unbranched alkanes of at least 4 members (excludes halogenated alkanes) is 1. The predicted octanol–water partition coefficient (Wildman–Crippen LogP) is 5.43. The molecule has 0 radical (unpaired) electrons. The van der Waals surface area contributed by atoms with Gasteiger partial charge in [-0.25, -0.2) is 4.98 Å². The molecule has 0 unspecified atom stereocenters. The largest absolute Gasteiger partial charge is 0.372 e. The Morgan fingerprint density at radius 3 is 2.67 bits per heavy atom. The van der Waals surface area contributed by atoms with Gasteiger partial charge in [0.15, 0.2) is 0 Å². The molecule has 1 aromatic carbocycles. The Labute approximate surface area is 202 Å². The lowest BCUT2D eigenvalue weighted by Crippen LogP contribution is -2.37. The molecule has 33 heavy (non-hydrogen) atoms. The number of piperidine rings is 2. The Hall–Kier alpha value is -2.54. The van der Waals surface area contributed by atoms with Crippen LogP contribution in [0.1, 0.15) is 73.3 Å². The highest BCUT2D eigenvalue weighted by Gasteiger charge is 2.25. The van der Waals surface area contributed by atoms with Crippen LogP contribution in [0.5, 0.6) is 0 Å². The Bertz CT molecular complexity index is 928. The monoisotopic (exact) mass is 467 g/mol. The molecular formula is C26H37N5OS. The molecule has 178 valence electrons. The first-order chi connectivity index (χ1) is 16.2. The van der Waals surface area contributed by atoms with Gasteiger partial charge in [-0.2, -0.15) is 0 Å². The molecule has 2 saturated heterocycles. The van der Waals surface area contributed by atoms with Gasteiger partial charge in [-0.15, -0.1) is 11.3 Å². The van der Waals surface area contributed by atoms with Gasteiger partial charge in [0, 0.05) is 44.0 Å². The number of thiazole rings is 1. The van der Waals surface area contributed by atoms with Gasteiger partial charge in [0.2, 0.25) is 0 Å². The van der Waals surface area contributed by atoms with Crippen LogP contribution < -0.4 is 15.5 Å². The van der Waals surface area contributed by atoms with E-state index in [4.69, 9.17) is 4.98 Å². The first kappa shape index (κ1) is 23.6. The Balaban J connectivity index is 1.33. The highest BCUT2D eigenvalue weighted by Crippen LogP contribution is 2.32. The Kier molecular flexibility index (Phi) is 8.26. The number of aromatic nitrogens is 1. The van der Waals surface area contributed by atoms with Crippen molar-refractivity contribution in [2.24, 2.45) is 0 Å². The molecule has 7 heteroatoms. The van der Waals surface area contributed by atoms with Crippen molar-refractivity contribution in [3.05, 3.63) is 52.7 Å². The number of amides is 1. The molecular weight excluding hydrogens is 430 g/mol. The zero-order valence-electron chi connectivity index (χ0n) is 19.8. The van der Waals surface area contributed by atoms with Crippen molar-refractivity contribution in [1.29, 1.82) is 0 Å². The molecule has 2 aliphatic heterocycles. The van der Waals surface area contributed by atoms with Gasteiger partial charge >= 0.3 is 0 Å². The molecule has 6 nitrogen and oxygen atoms in total. The van der Waals surface area contributed by atoms with Crippen molar-refractivity contribution < 1.29 is 4.79 Å². The number of rotatable bonds is 9. The van der Waals surface area contributed by atoms with E-state index in [-0.39, 0.29) is 5.91 Å². The molecule has 0 saturated carbocycles. The van der Waals surface area contributed by atoms with Crippen LogP contribution in [0, 0.1) is 0 Å². The summed E-state index contributed by atoms with van der Waals surface area (Å²) in [6, 6.07) is 8.12. The number of nitrogens with zero attached hydrogens (tertiary/aromatic N) is 3. The van der Waals surface area contributed by atoms with Crippen LogP contribution in [0.3, 0.4) is 0 Å². The van der Waals surface area contributed by atoms with Gasteiger partial charge in [-0.3, -0.25) is 4.79 Å². The van der Waals surface area contributed by atoms with Crippen LogP contribution in [0.2, 0.25) is 0 Å². The summed E-state index contributed by atoms with van der Waals surface area (Å²) in [5.41, 5.74) is 2.51. The van der Waals surface area contributed by atoms with E-state index in [9.17, 15) is 4.79 Å². The van der Waals surface area contributed by atoms with Crippen molar-refractivity contribution in [2.75, 3.05) is 42.9 Å². The van der Waals surface area contributed by atoms with Crippen LogP contribution >= 0.6 is 11.3 Å². The van der Waals surface area contributed by atoms with Crippen LogP contribution in [-0.2, 0) is 0 Å². The van der Waals surface area contributed by atoms with E-state index in [1.165, 1.54) is 32.1 Å². The third-order valence-corrected chi connectivity index (χ3v) is 7.70. The van der Waals surface area contributed by atoms with Crippen LogP contribution in [0.4, 0.5) is 11.4 Å². The molecule has 3 heterocycles. The van der Waals surface area contributed by atoms with E-state index in [1.807, 2.05) is 23.6 Å². The Morgan fingerprint density at radius 1 is 1.15 bits per heavy atom. The summed E-state index contributed by atoms with van der Waals surface area (Å²) >= 11 is 1.61. The van der Waals surface area contributed by atoms with Gasteiger partial charge in [-0.1, -0.05) is 32.1 Å². The summed E-state index contributed by atoms with van der Waals surface area (Å²) in [7, 11) is 0. The fourth-order valence-electron chi connectivity index (χ4n) is 4.67. The van der Waals surface area contributed by atoms with Crippen molar-refractivity contribution >= 4 is 28.6 Å². The highest BCUT2D eigenvalue weighted by molar-refractivity contribution is 7.10. The molecule has 1 aromatic heterocycles. The van der Waals surface area contributed by atoms with Crippen molar-refractivity contribution in [1.82, 2.24) is 15.2 Å². The van der Waals surface area contributed by atoms with E-state index < -0.39 is 0 Å². The zero-order chi connectivity index (χ0) is 23.0. The van der Waals surface area contributed by atoms with Crippen molar-refractivity contribution in [3.8, 4) is 0 Å². The SMILES string of the molecule is C=C(NCCCC)N1CCC(c2nc(C(=O)Nc3ccccc3N3CCCCC3)cs2)CC1. The quantitative estimate of drug-likeness (QED) is 0.482. The summed E-state index contributed by atoms with van der Waals surface area (Å²) in [5.74, 6) is 1.33. The second-order valence-corrected chi connectivity index (χ2v) is 9.97. The van der Waals surface area contributed by atoms with Crippen LogP contribution in [-0.4, -0.2) is 48.5 Å². The van der Waals surface area contributed by atoms with Crippen molar-refractivity contribution in [3.63, 3.8) is 0 Å². The minimum absolute atomic E-state index is 0.118. The summed E-state index contributed by atoms with van der Waals surface area (Å²) in [6.45, 7) is 11.4. The van der Waals surface area contributed by atoms with Gasteiger partial charge in [-0.05, 0) is 50.7 Å². The first-order valence-electron chi connectivity index (χ1n) is 12.4. The molecule has 2 aromatic rings. The van der Waals surface area contributed by atoms with E-state index >= 15 is 0 Å². The fourth-order valence-corrected chi connectivity index (χ4v) is 5.64. The summed E-state index contributed by atoms with van der Waals surface area (Å²) in [5, 5.41) is 9.55. The van der Waals surface area contributed by atoms with Gasteiger partial charge in [0.05, 0.1) is 22.2 Å². The van der Waals surface area contributed by atoms with Crippen LogP contribution in [0.25, 0.3) is 0 Å². The van der Waals surface area contributed by atoms with Gasteiger partial charge < -0.3 is 20.4 Å². The van der Waals surface area contributed by atoms with E-state index in [2.05, 4.69) is 40.0 Å². The average molecular weight is 468 g/mol. The molecule has 0 spiro atoms. The maximum absolute atomic E-state index is 13.0. The average Bonchev–Trinajstić information content (AvgIpc) is 3.36. The zero-order valence-corrected chi connectivity index (χ0v) is 20.6. The number of nitrogens with one attached hydrogen (secondary N) is 2. The molecule has 2 aliphatic rings. The number of carbonyl (C=O) groups excluding carboxylic acids is 1. The van der Waals surface area contributed by atoms with E-state index in [0.717, 1.165) is 67.8 Å². The molecule has 0 atom stereocenters. The number of likely N-dealkylation sites (tertiary alicyclic amines) is 1. The number of hydrogen-bond donors (Lipinski definition) is 2. The lowest BCUT2D eigenvalue weighted by Gasteiger charge is -2.34. The van der Waals surface area contributed by atoms with Gasteiger partial charge in [0.25, 0.3) is 5.91 Å². The number of anilines is 2. The second kappa shape index (κ2) is 11.5. The number of benzene rings is 1. The Morgan fingerprint density at radius 2 is 1.91 bits per heavy atom.